The van der Waals surface area contributed by atoms with Crippen molar-refractivity contribution in [2.45, 2.75) is 13.8 Å². The van der Waals surface area contributed by atoms with E-state index >= 15 is 0 Å². The molecule has 3 rings (SSSR count). The molecule has 2 aromatic rings. The van der Waals surface area contributed by atoms with E-state index in [1.807, 2.05) is 13.8 Å². The Hall–Kier alpha value is -3.03. The molecule has 1 aliphatic rings. The zero-order chi connectivity index (χ0) is 21.8. The van der Waals surface area contributed by atoms with Crippen LogP contribution in [0.25, 0.3) is 6.08 Å². The molecule has 1 saturated heterocycles. The standard InChI is InChI=1S/C21H18Cl2N2O5/c1-3-29-17-11-12(10-16(23)18(17)30-4-2)9-15-19(26)24-21(28)25(20(15)27)14-7-5-13(22)6-8-14/h5-11H,3-4H2,1-2H3,(H,24,26,28)/b15-9+. The lowest BCUT2D eigenvalue weighted by atomic mass is 10.1. The third kappa shape index (κ3) is 4.42. The van der Waals surface area contributed by atoms with Crippen molar-refractivity contribution in [3.63, 3.8) is 0 Å². The number of benzene rings is 2. The van der Waals surface area contributed by atoms with Gasteiger partial charge in [0, 0.05) is 5.02 Å². The van der Waals surface area contributed by atoms with E-state index in [2.05, 4.69) is 5.32 Å². The average Bonchev–Trinajstić information content (AvgIpc) is 2.69. The van der Waals surface area contributed by atoms with Crippen molar-refractivity contribution < 1.29 is 23.9 Å². The number of amides is 4. The molecule has 1 fully saturated rings. The van der Waals surface area contributed by atoms with Crippen LogP contribution >= 0.6 is 23.2 Å². The number of nitrogens with one attached hydrogen (secondary N) is 1. The van der Waals surface area contributed by atoms with Crippen molar-refractivity contribution in [2.75, 3.05) is 18.1 Å². The van der Waals surface area contributed by atoms with Crippen molar-refractivity contribution in [3.05, 3.63) is 57.6 Å². The Morgan fingerprint density at radius 2 is 1.67 bits per heavy atom. The van der Waals surface area contributed by atoms with Gasteiger partial charge in [-0.3, -0.25) is 14.9 Å². The van der Waals surface area contributed by atoms with Crippen LogP contribution in [0, 0.1) is 0 Å². The molecule has 0 aromatic heterocycles. The first-order valence-corrected chi connectivity index (χ1v) is 9.87. The summed E-state index contributed by atoms with van der Waals surface area (Å²) in [6.07, 6.45) is 1.34. The first-order chi connectivity index (χ1) is 14.3. The molecule has 1 aliphatic heterocycles. The number of carbonyl (C=O) groups is 3. The second-order valence-corrected chi connectivity index (χ2v) is 6.97. The van der Waals surface area contributed by atoms with Crippen LogP contribution in [0.15, 0.2) is 42.0 Å². The number of hydrogen-bond acceptors (Lipinski definition) is 5. The van der Waals surface area contributed by atoms with Crippen LogP contribution in [-0.4, -0.2) is 31.1 Å². The van der Waals surface area contributed by atoms with Gasteiger partial charge in [0.2, 0.25) is 0 Å². The van der Waals surface area contributed by atoms with E-state index in [1.54, 1.807) is 12.1 Å². The van der Waals surface area contributed by atoms with E-state index in [0.717, 1.165) is 4.90 Å². The monoisotopic (exact) mass is 448 g/mol. The Bertz CT molecular complexity index is 1030. The second-order valence-electron chi connectivity index (χ2n) is 6.13. The first kappa shape index (κ1) is 21.7. The van der Waals surface area contributed by atoms with Gasteiger partial charge in [0.1, 0.15) is 5.57 Å². The predicted octanol–water partition coefficient (Wildman–Crippen LogP) is 4.46. The minimum Gasteiger partial charge on any atom is -0.490 e. The van der Waals surface area contributed by atoms with Crippen LogP contribution in [0.5, 0.6) is 11.5 Å². The molecule has 7 nitrogen and oxygen atoms in total. The highest BCUT2D eigenvalue weighted by Gasteiger charge is 2.36. The fourth-order valence-corrected chi connectivity index (χ4v) is 3.27. The highest BCUT2D eigenvalue weighted by Crippen LogP contribution is 2.37. The second kappa shape index (κ2) is 9.19. The third-order valence-electron chi connectivity index (χ3n) is 4.12. The van der Waals surface area contributed by atoms with Gasteiger partial charge < -0.3 is 9.47 Å². The van der Waals surface area contributed by atoms with Crippen molar-refractivity contribution >= 4 is 52.8 Å². The Morgan fingerprint density at radius 3 is 2.30 bits per heavy atom. The van der Waals surface area contributed by atoms with Gasteiger partial charge in [0.25, 0.3) is 11.8 Å². The van der Waals surface area contributed by atoms with Gasteiger partial charge in [-0.05, 0) is 61.9 Å². The fourth-order valence-electron chi connectivity index (χ4n) is 2.87. The van der Waals surface area contributed by atoms with E-state index in [-0.39, 0.29) is 16.3 Å². The molecule has 0 radical (unpaired) electrons. The average molecular weight is 449 g/mol. The van der Waals surface area contributed by atoms with Crippen molar-refractivity contribution in [1.29, 1.82) is 0 Å². The van der Waals surface area contributed by atoms with Gasteiger partial charge in [0.15, 0.2) is 11.5 Å². The Kier molecular flexibility index (Phi) is 6.64. The molecule has 9 heteroatoms. The molecule has 0 bridgehead atoms. The van der Waals surface area contributed by atoms with Gasteiger partial charge in [-0.1, -0.05) is 23.2 Å². The first-order valence-electron chi connectivity index (χ1n) is 9.11. The Morgan fingerprint density at radius 1 is 1.00 bits per heavy atom. The molecule has 0 saturated carbocycles. The number of anilines is 1. The molecule has 1 N–H and O–H groups in total. The predicted molar refractivity (Wildman–Crippen MR) is 114 cm³/mol. The zero-order valence-electron chi connectivity index (χ0n) is 16.2. The van der Waals surface area contributed by atoms with E-state index < -0.39 is 17.8 Å². The maximum absolute atomic E-state index is 13.0. The smallest absolute Gasteiger partial charge is 0.335 e. The summed E-state index contributed by atoms with van der Waals surface area (Å²) in [7, 11) is 0. The van der Waals surface area contributed by atoms with Gasteiger partial charge in [-0.25, -0.2) is 9.69 Å². The summed E-state index contributed by atoms with van der Waals surface area (Å²) in [5.41, 5.74) is 0.489. The highest BCUT2D eigenvalue weighted by molar-refractivity contribution is 6.39. The van der Waals surface area contributed by atoms with Crippen LogP contribution in [0.1, 0.15) is 19.4 Å². The molecule has 0 unspecified atom stereocenters. The molecule has 0 aliphatic carbocycles. The molecule has 30 heavy (non-hydrogen) atoms. The van der Waals surface area contributed by atoms with Crippen LogP contribution in [0.2, 0.25) is 10.0 Å². The number of barbiturate groups is 1. The summed E-state index contributed by atoms with van der Waals surface area (Å²) < 4.78 is 11.1. The van der Waals surface area contributed by atoms with Crippen LogP contribution < -0.4 is 19.7 Å². The minimum atomic E-state index is -0.843. The van der Waals surface area contributed by atoms with Gasteiger partial charge in [-0.15, -0.1) is 0 Å². The molecule has 0 spiro atoms. The minimum absolute atomic E-state index is 0.229. The third-order valence-corrected chi connectivity index (χ3v) is 4.65. The molecule has 156 valence electrons. The number of rotatable bonds is 6. The van der Waals surface area contributed by atoms with E-state index in [4.69, 9.17) is 32.7 Å². The quantitative estimate of drug-likeness (QED) is 0.520. The summed E-state index contributed by atoms with van der Waals surface area (Å²) in [4.78, 5) is 38.4. The van der Waals surface area contributed by atoms with E-state index in [1.165, 1.54) is 30.3 Å². The van der Waals surface area contributed by atoms with Crippen LogP contribution in [0.3, 0.4) is 0 Å². The van der Waals surface area contributed by atoms with Crippen molar-refractivity contribution in [3.8, 4) is 11.5 Å². The topological polar surface area (TPSA) is 84.9 Å². The summed E-state index contributed by atoms with van der Waals surface area (Å²) in [6.45, 7) is 4.38. The van der Waals surface area contributed by atoms with Gasteiger partial charge >= 0.3 is 6.03 Å². The number of hydrogen-bond donors (Lipinski definition) is 1. The molecule has 1 heterocycles. The summed E-state index contributed by atoms with van der Waals surface area (Å²) in [5.74, 6) is -0.819. The maximum Gasteiger partial charge on any atom is 0.335 e. The largest absolute Gasteiger partial charge is 0.490 e. The Balaban J connectivity index is 2.03. The molecular formula is C21H18Cl2N2O5. The normalized spacial score (nSPS) is 15.4. The van der Waals surface area contributed by atoms with E-state index in [9.17, 15) is 14.4 Å². The number of ether oxygens (including phenoxy) is 2. The number of urea groups is 1. The summed E-state index contributed by atoms with van der Waals surface area (Å²) in [5, 5.41) is 2.88. The lowest BCUT2D eigenvalue weighted by Gasteiger charge is -2.26. The summed E-state index contributed by atoms with van der Waals surface area (Å²) >= 11 is 12.2. The molecule has 0 atom stereocenters. The highest BCUT2D eigenvalue weighted by atomic mass is 35.5. The number of imide groups is 2. The summed E-state index contributed by atoms with van der Waals surface area (Å²) in [6, 6.07) is 8.41. The van der Waals surface area contributed by atoms with E-state index in [0.29, 0.717) is 35.3 Å². The lowest BCUT2D eigenvalue weighted by Crippen LogP contribution is -2.54. The maximum atomic E-state index is 13.0. The fraction of sp³-hybridized carbons (Fsp3) is 0.190. The lowest BCUT2D eigenvalue weighted by molar-refractivity contribution is -0.122. The SMILES string of the molecule is CCOc1cc(/C=C2\C(=O)NC(=O)N(c3ccc(Cl)cc3)C2=O)cc(Cl)c1OCC. The number of halogens is 2. The zero-order valence-corrected chi connectivity index (χ0v) is 17.7. The van der Waals surface area contributed by atoms with Crippen molar-refractivity contribution in [2.24, 2.45) is 0 Å². The van der Waals surface area contributed by atoms with Gasteiger partial charge in [0.05, 0.1) is 23.9 Å². The van der Waals surface area contributed by atoms with Crippen LogP contribution in [-0.2, 0) is 9.59 Å². The van der Waals surface area contributed by atoms with Crippen molar-refractivity contribution in [1.82, 2.24) is 5.32 Å². The Labute approximate surface area is 183 Å². The van der Waals surface area contributed by atoms with Gasteiger partial charge in [-0.2, -0.15) is 0 Å². The number of nitrogens with zero attached hydrogens (tertiary/aromatic N) is 1. The molecular weight excluding hydrogens is 431 g/mol. The number of carbonyl (C=O) groups excluding carboxylic acids is 3. The molecule has 2 aromatic carbocycles. The van der Waals surface area contributed by atoms with Crippen LogP contribution in [0.4, 0.5) is 10.5 Å². The molecule has 4 amide bonds.